The molecule has 58 valence electrons. The van der Waals surface area contributed by atoms with E-state index in [0.29, 0.717) is 0 Å². The molecule has 0 saturated carbocycles. The molecule has 1 aromatic rings. The summed E-state index contributed by atoms with van der Waals surface area (Å²) in [4.78, 5) is 0. The maximum Gasteiger partial charge on any atom is 0.103 e. The lowest BCUT2D eigenvalue weighted by Crippen LogP contribution is -1.92. The van der Waals surface area contributed by atoms with E-state index >= 15 is 0 Å². The lowest BCUT2D eigenvalue weighted by Gasteiger charge is -1.97. The molecular weight excluding hydrogens is 138 g/mol. The Morgan fingerprint density at radius 1 is 1.73 bits per heavy atom. The van der Waals surface area contributed by atoms with Crippen LogP contribution in [0.15, 0.2) is 22.8 Å². The standard InChI is InChI=1S/C9H11NO/c1-8(7-10)4-5-9-3-2-6-11-9/h2-3,6,8H,4-5H2,1H3. The van der Waals surface area contributed by atoms with Gasteiger partial charge in [-0.25, -0.2) is 0 Å². The van der Waals surface area contributed by atoms with Gasteiger partial charge in [0.25, 0.3) is 0 Å². The van der Waals surface area contributed by atoms with Crippen LogP contribution in [-0.2, 0) is 6.42 Å². The third kappa shape index (κ3) is 2.46. The molecule has 2 heteroatoms. The molecule has 0 aliphatic heterocycles. The van der Waals surface area contributed by atoms with Crippen LogP contribution in [0.4, 0.5) is 0 Å². The number of hydrogen-bond acceptors (Lipinski definition) is 2. The van der Waals surface area contributed by atoms with Crippen LogP contribution in [0.25, 0.3) is 0 Å². The first kappa shape index (κ1) is 7.87. The Morgan fingerprint density at radius 2 is 2.55 bits per heavy atom. The smallest absolute Gasteiger partial charge is 0.103 e. The van der Waals surface area contributed by atoms with E-state index in [1.807, 2.05) is 19.1 Å². The molecule has 0 bridgehead atoms. The summed E-state index contributed by atoms with van der Waals surface area (Å²) in [6.07, 6.45) is 3.40. The number of rotatable bonds is 3. The maximum absolute atomic E-state index is 8.48. The van der Waals surface area contributed by atoms with Gasteiger partial charge in [0.05, 0.1) is 12.3 Å². The van der Waals surface area contributed by atoms with Crippen molar-refractivity contribution in [2.24, 2.45) is 5.92 Å². The zero-order chi connectivity index (χ0) is 8.10. The minimum absolute atomic E-state index is 0.125. The Bertz CT molecular complexity index is 233. The molecule has 0 aliphatic carbocycles. The van der Waals surface area contributed by atoms with E-state index in [2.05, 4.69) is 6.07 Å². The Hall–Kier alpha value is -1.23. The number of nitriles is 1. The molecule has 0 radical (unpaired) electrons. The monoisotopic (exact) mass is 149 g/mol. The molecule has 0 fully saturated rings. The van der Waals surface area contributed by atoms with E-state index in [1.165, 1.54) is 0 Å². The van der Waals surface area contributed by atoms with E-state index in [-0.39, 0.29) is 5.92 Å². The van der Waals surface area contributed by atoms with Gasteiger partial charge in [0.15, 0.2) is 0 Å². The fraction of sp³-hybridized carbons (Fsp3) is 0.444. The Balaban J connectivity index is 2.30. The summed E-state index contributed by atoms with van der Waals surface area (Å²) >= 11 is 0. The van der Waals surface area contributed by atoms with Gasteiger partial charge in [0, 0.05) is 12.3 Å². The van der Waals surface area contributed by atoms with E-state index in [9.17, 15) is 0 Å². The lowest BCUT2D eigenvalue weighted by molar-refractivity contribution is 0.488. The molecule has 11 heavy (non-hydrogen) atoms. The lowest BCUT2D eigenvalue weighted by atomic mass is 10.1. The highest BCUT2D eigenvalue weighted by atomic mass is 16.3. The Labute approximate surface area is 66.4 Å². The fourth-order valence-electron chi connectivity index (χ4n) is 0.878. The van der Waals surface area contributed by atoms with Crippen LogP contribution in [0.3, 0.4) is 0 Å². The second-order valence-corrected chi connectivity index (χ2v) is 2.65. The van der Waals surface area contributed by atoms with Crippen molar-refractivity contribution in [3.63, 3.8) is 0 Å². The van der Waals surface area contributed by atoms with E-state index < -0.39 is 0 Å². The number of hydrogen-bond donors (Lipinski definition) is 0. The fourth-order valence-corrected chi connectivity index (χ4v) is 0.878. The predicted molar refractivity (Wildman–Crippen MR) is 41.8 cm³/mol. The molecule has 1 aromatic heterocycles. The van der Waals surface area contributed by atoms with Crippen LogP contribution in [0.2, 0.25) is 0 Å². The minimum atomic E-state index is 0.125. The SMILES string of the molecule is CC(C#N)CCc1ccco1. The summed E-state index contributed by atoms with van der Waals surface area (Å²) in [5.41, 5.74) is 0. The number of nitrogens with zero attached hydrogens (tertiary/aromatic N) is 1. The highest BCUT2D eigenvalue weighted by Crippen LogP contribution is 2.08. The van der Waals surface area contributed by atoms with Crippen molar-refractivity contribution in [3.8, 4) is 6.07 Å². The summed E-state index contributed by atoms with van der Waals surface area (Å²) in [5, 5.41) is 8.48. The van der Waals surface area contributed by atoms with Crippen molar-refractivity contribution in [2.75, 3.05) is 0 Å². The van der Waals surface area contributed by atoms with Gasteiger partial charge in [-0.05, 0) is 25.5 Å². The highest BCUT2D eigenvalue weighted by Gasteiger charge is 2.01. The summed E-state index contributed by atoms with van der Waals surface area (Å²) in [6.45, 7) is 1.92. The normalized spacial score (nSPS) is 12.4. The van der Waals surface area contributed by atoms with E-state index in [0.717, 1.165) is 18.6 Å². The van der Waals surface area contributed by atoms with Crippen molar-refractivity contribution in [2.45, 2.75) is 19.8 Å². The molecule has 1 atom stereocenters. The molecule has 1 rings (SSSR count). The molecule has 0 N–H and O–H groups in total. The van der Waals surface area contributed by atoms with Crippen molar-refractivity contribution in [3.05, 3.63) is 24.2 Å². The first-order valence-corrected chi connectivity index (χ1v) is 3.75. The van der Waals surface area contributed by atoms with Gasteiger partial charge >= 0.3 is 0 Å². The van der Waals surface area contributed by atoms with E-state index in [4.69, 9.17) is 9.68 Å². The van der Waals surface area contributed by atoms with Gasteiger partial charge in [-0.15, -0.1) is 0 Å². The Morgan fingerprint density at radius 3 is 3.09 bits per heavy atom. The van der Waals surface area contributed by atoms with E-state index in [1.54, 1.807) is 6.26 Å². The highest BCUT2D eigenvalue weighted by molar-refractivity contribution is 4.98. The van der Waals surface area contributed by atoms with Crippen molar-refractivity contribution in [1.82, 2.24) is 0 Å². The van der Waals surface area contributed by atoms with Crippen LogP contribution in [-0.4, -0.2) is 0 Å². The molecule has 2 nitrogen and oxygen atoms in total. The average Bonchev–Trinajstić information content (AvgIpc) is 2.52. The topological polar surface area (TPSA) is 36.9 Å². The number of aryl methyl sites for hydroxylation is 1. The molecule has 0 saturated heterocycles. The van der Waals surface area contributed by atoms with Gasteiger partial charge < -0.3 is 4.42 Å². The molecule has 0 amide bonds. The quantitative estimate of drug-likeness (QED) is 0.661. The first-order chi connectivity index (χ1) is 5.33. The summed E-state index contributed by atoms with van der Waals surface area (Å²) in [7, 11) is 0. The van der Waals surface area contributed by atoms with Crippen molar-refractivity contribution < 1.29 is 4.42 Å². The van der Waals surface area contributed by atoms with Gasteiger partial charge in [0.2, 0.25) is 0 Å². The molecule has 0 spiro atoms. The zero-order valence-corrected chi connectivity index (χ0v) is 6.58. The average molecular weight is 149 g/mol. The van der Waals surface area contributed by atoms with Crippen LogP contribution in [0, 0.1) is 17.2 Å². The van der Waals surface area contributed by atoms with Crippen molar-refractivity contribution in [1.29, 1.82) is 5.26 Å². The maximum atomic E-state index is 8.48. The summed E-state index contributed by atoms with van der Waals surface area (Å²) in [5.74, 6) is 1.09. The van der Waals surface area contributed by atoms with Gasteiger partial charge in [-0.1, -0.05) is 0 Å². The van der Waals surface area contributed by atoms with Crippen LogP contribution in [0.5, 0.6) is 0 Å². The molecule has 0 aliphatic rings. The minimum Gasteiger partial charge on any atom is -0.469 e. The Kier molecular flexibility index (Phi) is 2.74. The first-order valence-electron chi connectivity index (χ1n) is 3.75. The third-order valence-corrected chi connectivity index (χ3v) is 1.62. The van der Waals surface area contributed by atoms with Crippen LogP contribution < -0.4 is 0 Å². The summed E-state index contributed by atoms with van der Waals surface area (Å²) < 4.78 is 5.12. The van der Waals surface area contributed by atoms with Gasteiger partial charge in [-0.3, -0.25) is 0 Å². The largest absolute Gasteiger partial charge is 0.469 e. The predicted octanol–water partition coefficient (Wildman–Crippen LogP) is 2.37. The molecule has 0 aromatic carbocycles. The number of furan rings is 1. The summed E-state index contributed by atoms with van der Waals surface area (Å²) in [6, 6.07) is 5.99. The zero-order valence-electron chi connectivity index (χ0n) is 6.58. The second-order valence-electron chi connectivity index (χ2n) is 2.65. The van der Waals surface area contributed by atoms with Gasteiger partial charge in [-0.2, -0.15) is 5.26 Å². The van der Waals surface area contributed by atoms with Crippen molar-refractivity contribution >= 4 is 0 Å². The molecule has 1 unspecified atom stereocenters. The molecular formula is C9H11NO. The third-order valence-electron chi connectivity index (χ3n) is 1.62. The second kappa shape index (κ2) is 3.82. The van der Waals surface area contributed by atoms with Gasteiger partial charge in [0.1, 0.15) is 5.76 Å². The van der Waals surface area contributed by atoms with Crippen LogP contribution >= 0.6 is 0 Å². The van der Waals surface area contributed by atoms with Crippen LogP contribution in [0.1, 0.15) is 19.1 Å². The molecule has 1 heterocycles.